The summed E-state index contributed by atoms with van der Waals surface area (Å²) in [6, 6.07) is 7.91. The molecule has 0 bridgehead atoms. The number of nitrogens with one attached hydrogen (secondary N) is 2. The Morgan fingerprint density at radius 2 is 1.75 bits per heavy atom. The molecule has 0 aliphatic carbocycles. The van der Waals surface area contributed by atoms with Crippen LogP contribution >= 0.6 is 0 Å². The predicted molar refractivity (Wildman–Crippen MR) is 69.1 cm³/mol. The number of rotatable bonds is 5. The molecule has 1 rings (SSSR count). The molecule has 20 heavy (non-hydrogen) atoms. The minimum atomic E-state index is -5.08. The molecule has 0 spiro atoms. The summed E-state index contributed by atoms with van der Waals surface area (Å²) in [5, 5.41) is 13.5. The molecule has 1 aromatic carbocycles. The number of carboxylic acids is 1. The van der Waals surface area contributed by atoms with Gasteiger partial charge in [0.1, 0.15) is 5.75 Å². The van der Waals surface area contributed by atoms with E-state index in [-0.39, 0.29) is 0 Å². The summed E-state index contributed by atoms with van der Waals surface area (Å²) in [5.74, 6) is -1.87. The average Bonchev–Trinajstić information content (AvgIpc) is 2.39. The Labute approximate surface area is 114 Å². The molecule has 0 aliphatic rings. The zero-order valence-corrected chi connectivity index (χ0v) is 11.1. The van der Waals surface area contributed by atoms with Crippen molar-refractivity contribution in [3.05, 3.63) is 24.3 Å². The highest BCUT2D eigenvalue weighted by Crippen LogP contribution is 2.14. The van der Waals surface area contributed by atoms with Crippen LogP contribution in [0.15, 0.2) is 24.3 Å². The molecule has 114 valence electrons. The molecule has 0 fully saturated rings. The molecule has 0 radical (unpaired) electrons. The second kappa shape index (κ2) is 9.03. The summed E-state index contributed by atoms with van der Waals surface area (Å²) in [7, 11) is 3.61. The molecule has 0 aromatic heterocycles. The summed E-state index contributed by atoms with van der Waals surface area (Å²) in [6.45, 7) is 1.90. The highest BCUT2D eigenvalue weighted by molar-refractivity contribution is 5.73. The van der Waals surface area contributed by atoms with Crippen LogP contribution in [-0.4, -0.2) is 44.5 Å². The van der Waals surface area contributed by atoms with Gasteiger partial charge in [0.25, 0.3) is 0 Å². The SMILES string of the molecule is CNCCNc1ccc(OC)cc1.O=C(O)C(F)(F)F. The van der Waals surface area contributed by atoms with Crippen LogP contribution in [0.2, 0.25) is 0 Å². The van der Waals surface area contributed by atoms with Gasteiger partial charge in [0, 0.05) is 18.8 Å². The first kappa shape index (κ1) is 18.0. The number of benzene rings is 1. The van der Waals surface area contributed by atoms with Crippen molar-refractivity contribution in [2.45, 2.75) is 6.18 Å². The van der Waals surface area contributed by atoms with Gasteiger partial charge in [-0.05, 0) is 31.3 Å². The van der Waals surface area contributed by atoms with E-state index >= 15 is 0 Å². The van der Waals surface area contributed by atoms with Crippen molar-refractivity contribution in [2.75, 3.05) is 32.6 Å². The van der Waals surface area contributed by atoms with Gasteiger partial charge in [-0.3, -0.25) is 0 Å². The monoisotopic (exact) mass is 294 g/mol. The lowest BCUT2D eigenvalue weighted by molar-refractivity contribution is -0.192. The number of aliphatic carboxylic acids is 1. The Morgan fingerprint density at radius 1 is 1.25 bits per heavy atom. The van der Waals surface area contributed by atoms with E-state index in [0.717, 1.165) is 24.5 Å². The largest absolute Gasteiger partial charge is 0.497 e. The average molecular weight is 294 g/mol. The van der Waals surface area contributed by atoms with Crippen LogP contribution in [0.25, 0.3) is 0 Å². The van der Waals surface area contributed by atoms with Gasteiger partial charge in [-0.25, -0.2) is 4.79 Å². The molecule has 0 amide bonds. The standard InChI is InChI=1S/C10H16N2O.C2HF3O2/c1-11-7-8-12-9-3-5-10(13-2)6-4-9;3-2(4,5)1(6)7/h3-6,11-12H,7-8H2,1-2H3;(H,6,7). The molecule has 0 aliphatic heterocycles. The smallest absolute Gasteiger partial charge is 0.490 e. The van der Waals surface area contributed by atoms with Gasteiger partial charge in [-0.15, -0.1) is 0 Å². The number of methoxy groups -OCH3 is 1. The highest BCUT2D eigenvalue weighted by atomic mass is 19.4. The number of carbonyl (C=O) groups is 1. The molecule has 0 atom stereocenters. The van der Waals surface area contributed by atoms with Crippen LogP contribution in [0.3, 0.4) is 0 Å². The number of alkyl halides is 3. The van der Waals surface area contributed by atoms with E-state index in [4.69, 9.17) is 14.6 Å². The minimum absolute atomic E-state index is 0.888. The normalized spacial score (nSPS) is 10.2. The van der Waals surface area contributed by atoms with Crippen LogP contribution < -0.4 is 15.4 Å². The van der Waals surface area contributed by atoms with Crippen LogP contribution in [0.1, 0.15) is 0 Å². The van der Waals surface area contributed by atoms with E-state index in [1.807, 2.05) is 31.3 Å². The van der Waals surface area contributed by atoms with Crippen molar-refractivity contribution in [3.8, 4) is 5.75 Å². The number of likely N-dealkylation sites (N-methyl/N-ethyl adjacent to an activating group) is 1. The Hall–Kier alpha value is -1.96. The fourth-order valence-electron chi connectivity index (χ4n) is 1.04. The maximum absolute atomic E-state index is 10.6. The highest BCUT2D eigenvalue weighted by Gasteiger charge is 2.38. The number of hydrogen-bond donors (Lipinski definition) is 3. The lowest BCUT2D eigenvalue weighted by Gasteiger charge is -2.06. The second-order valence-corrected chi connectivity index (χ2v) is 3.56. The summed E-state index contributed by atoms with van der Waals surface area (Å²) in [6.07, 6.45) is -5.08. The molecular weight excluding hydrogens is 277 g/mol. The summed E-state index contributed by atoms with van der Waals surface area (Å²) in [4.78, 5) is 8.90. The van der Waals surface area contributed by atoms with Gasteiger partial charge >= 0.3 is 12.1 Å². The van der Waals surface area contributed by atoms with Crippen molar-refractivity contribution in [1.82, 2.24) is 5.32 Å². The van der Waals surface area contributed by atoms with Crippen molar-refractivity contribution in [1.29, 1.82) is 0 Å². The quantitative estimate of drug-likeness (QED) is 0.724. The van der Waals surface area contributed by atoms with E-state index in [1.165, 1.54) is 0 Å². The Balaban J connectivity index is 0.000000441. The maximum atomic E-state index is 10.6. The van der Waals surface area contributed by atoms with Gasteiger partial charge < -0.3 is 20.5 Å². The van der Waals surface area contributed by atoms with E-state index in [1.54, 1.807) is 7.11 Å². The minimum Gasteiger partial charge on any atom is -0.497 e. The number of ether oxygens (including phenoxy) is 1. The van der Waals surface area contributed by atoms with Gasteiger partial charge in [0.2, 0.25) is 0 Å². The summed E-state index contributed by atoms with van der Waals surface area (Å²) >= 11 is 0. The molecule has 0 heterocycles. The zero-order chi connectivity index (χ0) is 15.6. The zero-order valence-electron chi connectivity index (χ0n) is 11.1. The number of carboxylic acid groups (broad SMARTS) is 1. The molecule has 8 heteroatoms. The Bertz CT molecular complexity index is 394. The number of hydrogen-bond acceptors (Lipinski definition) is 4. The molecule has 3 N–H and O–H groups in total. The van der Waals surface area contributed by atoms with Gasteiger partial charge in [-0.1, -0.05) is 0 Å². The van der Waals surface area contributed by atoms with Crippen LogP contribution in [-0.2, 0) is 4.79 Å². The third-order valence-electron chi connectivity index (χ3n) is 2.04. The van der Waals surface area contributed by atoms with Gasteiger partial charge in [0.15, 0.2) is 0 Å². The topological polar surface area (TPSA) is 70.6 Å². The van der Waals surface area contributed by atoms with Crippen LogP contribution in [0.4, 0.5) is 18.9 Å². The van der Waals surface area contributed by atoms with E-state index in [0.29, 0.717) is 0 Å². The van der Waals surface area contributed by atoms with E-state index in [9.17, 15) is 13.2 Å². The van der Waals surface area contributed by atoms with Gasteiger partial charge in [-0.2, -0.15) is 13.2 Å². The first-order valence-corrected chi connectivity index (χ1v) is 5.64. The van der Waals surface area contributed by atoms with Crippen LogP contribution in [0, 0.1) is 0 Å². The first-order chi connectivity index (χ1) is 9.31. The molecule has 0 saturated heterocycles. The van der Waals surface area contributed by atoms with Crippen molar-refractivity contribution in [2.24, 2.45) is 0 Å². The number of anilines is 1. The van der Waals surface area contributed by atoms with Crippen molar-refractivity contribution >= 4 is 11.7 Å². The number of halogens is 3. The lowest BCUT2D eigenvalue weighted by Crippen LogP contribution is -2.21. The molecule has 1 aromatic rings. The fraction of sp³-hybridized carbons (Fsp3) is 0.417. The first-order valence-electron chi connectivity index (χ1n) is 5.64. The fourth-order valence-corrected chi connectivity index (χ4v) is 1.04. The third kappa shape index (κ3) is 8.20. The van der Waals surface area contributed by atoms with Gasteiger partial charge in [0.05, 0.1) is 7.11 Å². The van der Waals surface area contributed by atoms with Crippen molar-refractivity contribution < 1.29 is 27.8 Å². The molecule has 0 unspecified atom stereocenters. The molecular formula is C12H17F3N2O3. The Kier molecular flexibility index (Phi) is 8.14. The summed E-state index contributed by atoms with van der Waals surface area (Å²) < 4.78 is 36.8. The Morgan fingerprint density at radius 3 is 2.10 bits per heavy atom. The molecule has 0 saturated carbocycles. The van der Waals surface area contributed by atoms with E-state index in [2.05, 4.69) is 10.6 Å². The third-order valence-corrected chi connectivity index (χ3v) is 2.04. The molecule has 5 nitrogen and oxygen atoms in total. The maximum Gasteiger partial charge on any atom is 0.490 e. The predicted octanol–water partition coefficient (Wildman–Crippen LogP) is 1.96. The summed E-state index contributed by atoms with van der Waals surface area (Å²) in [5.41, 5.74) is 1.12. The van der Waals surface area contributed by atoms with Crippen LogP contribution in [0.5, 0.6) is 5.75 Å². The van der Waals surface area contributed by atoms with E-state index < -0.39 is 12.1 Å². The second-order valence-electron chi connectivity index (χ2n) is 3.56. The lowest BCUT2D eigenvalue weighted by atomic mass is 10.3. The van der Waals surface area contributed by atoms with Crippen molar-refractivity contribution in [3.63, 3.8) is 0 Å².